The molecule has 1 aromatic heterocycles. The molecule has 0 aliphatic rings. The monoisotopic (exact) mass is 550 g/mol. The first-order chi connectivity index (χ1) is 19.2. The van der Waals surface area contributed by atoms with E-state index >= 15 is 0 Å². The molecule has 0 fully saturated rings. The van der Waals surface area contributed by atoms with Gasteiger partial charge in [-0.2, -0.15) is 0 Å². The standard InChI is InChI=1S/C28H27FN4O7/c1-3-39-24(35)13-17(28(37)40-4-2)15-9-19(18-12-16(29)6-8-23(18)34)25(36)20(10-15)27-31-21-7-5-14(26(30)33-38)11-22(21)32-27/h5-12,17,34,36,38H,3-4,13H2,1-2H3,(H2,30,33)(H,31,32). The topological polar surface area (TPSA) is 180 Å². The van der Waals surface area contributed by atoms with Crippen LogP contribution in [-0.2, 0) is 19.1 Å². The van der Waals surface area contributed by atoms with E-state index in [1.807, 2.05) is 0 Å². The van der Waals surface area contributed by atoms with Gasteiger partial charge in [-0.25, -0.2) is 9.37 Å². The smallest absolute Gasteiger partial charge is 0.313 e. The largest absolute Gasteiger partial charge is 0.507 e. The number of aromatic amines is 1. The summed E-state index contributed by atoms with van der Waals surface area (Å²) in [4.78, 5) is 33.0. The first-order valence-electron chi connectivity index (χ1n) is 12.3. The molecule has 4 aromatic rings. The molecule has 208 valence electrons. The molecular weight excluding hydrogens is 523 g/mol. The van der Waals surface area contributed by atoms with E-state index in [4.69, 9.17) is 20.4 Å². The molecule has 0 spiro atoms. The molecule has 0 saturated carbocycles. The highest BCUT2D eigenvalue weighted by Crippen LogP contribution is 2.44. The van der Waals surface area contributed by atoms with Gasteiger partial charge in [-0.15, -0.1) is 0 Å². The van der Waals surface area contributed by atoms with E-state index in [1.165, 1.54) is 12.1 Å². The summed E-state index contributed by atoms with van der Waals surface area (Å²) in [5, 5.41) is 33.9. The second-order valence-corrected chi connectivity index (χ2v) is 8.74. The zero-order valence-corrected chi connectivity index (χ0v) is 21.6. The number of ether oxygens (including phenoxy) is 2. The molecular formula is C28H27FN4O7. The van der Waals surface area contributed by atoms with Crippen LogP contribution in [0.25, 0.3) is 33.5 Å². The molecule has 0 aliphatic heterocycles. The van der Waals surface area contributed by atoms with Gasteiger partial charge in [-0.05, 0) is 67.9 Å². The summed E-state index contributed by atoms with van der Waals surface area (Å²) in [6.45, 7) is 3.40. The number of esters is 2. The van der Waals surface area contributed by atoms with E-state index in [2.05, 4.69) is 15.1 Å². The number of carbonyl (C=O) groups is 2. The van der Waals surface area contributed by atoms with Crippen molar-refractivity contribution in [2.24, 2.45) is 10.9 Å². The van der Waals surface area contributed by atoms with Crippen LogP contribution in [0.15, 0.2) is 53.7 Å². The van der Waals surface area contributed by atoms with Gasteiger partial charge in [0, 0.05) is 16.7 Å². The van der Waals surface area contributed by atoms with E-state index in [-0.39, 0.29) is 65.0 Å². The molecule has 6 N–H and O–H groups in total. The second kappa shape index (κ2) is 11.7. The number of fused-ring (bicyclic) bond motifs is 1. The van der Waals surface area contributed by atoms with Gasteiger partial charge in [0.2, 0.25) is 0 Å². The minimum Gasteiger partial charge on any atom is -0.507 e. The predicted molar refractivity (Wildman–Crippen MR) is 143 cm³/mol. The van der Waals surface area contributed by atoms with Crippen LogP contribution >= 0.6 is 0 Å². The van der Waals surface area contributed by atoms with E-state index in [9.17, 15) is 24.2 Å². The van der Waals surface area contributed by atoms with Crippen molar-refractivity contribution in [2.45, 2.75) is 26.2 Å². The van der Waals surface area contributed by atoms with Gasteiger partial charge < -0.3 is 35.6 Å². The molecule has 1 unspecified atom stereocenters. The molecule has 11 nitrogen and oxygen atoms in total. The van der Waals surface area contributed by atoms with Gasteiger partial charge in [-0.1, -0.05) is 5.16 Å². The number of aromatic nitrogens is 2. The zero-order chi connectivity index (χ0) is 29.0. The number of phenols is 2. The van der Waals surface area contributed by atoms with Gasteiger partial charge in [0.1, 0.15) is 23.1 Å². The fourth-order valence-corrected chi connectivity index (χ4v) is 4.29. The van der Waals surface area contributed by atoms with Crippen molar-refractivity contribution in [2.75, 3.05) is 13.2 Å². The van der Waals surface area contributed by atoms with Gasteiger partial charge >= 0.3 is 11.9 Å². The molecule has 4 rings (SSSR count). The van der Waals surface area contributed by atoms with Crippen molar-refractivity contribution in [3.63, 3.8) is 0 Å². The van der Waals surface area contributed by atoms with Crippen molar-refractivity contribution in [3.05, 3.63) is 65.5 Å². The lowest BCUT2D eigenvalue weighted by molar-refractivity contribution is -0.151. The van der Waals surface area contributed by atoms with Gasteiger partial charge in [0.15, 0.2) is 5.84 Å². The maximum atomic E-state index is 14.2. The quantitative estimate of drug-likeness (QED) is 0.0673. The number of halogens is 1. The van der Waals surface area contributed by atoms with Crippen LogP contribution in [0.2, 0.25) is 0 Å². The van der Waals surface area contributed by atoms with Crippen LogP contribution in [-0.4, -0.2) is 56.4 Å². The fourth-order valence-electron chi connectivity index (χ4n) is 4.29. The third-order valence-corrected chi connectivity index (χ3v) is 6.17. The number of benzene rings is 3. The summed E-state index contributed by atoms with van der Waals surface area (Å²) in [5.41, 5.74) is 7.31. The Morgan fingerprint density at radius 3 is 2.45 bits per heavy atom. The van der Waals surface area contributed by atoms with Crippen molar-refractivity contribution >= 4 is 28.8 Å². The lowest BCUT2D eigenvalue weighted by Gasteiger charge is -2.19. The van der Waals surface area contributed by atoms with Gasteiger partial charge in [-0.3, -0.25) is 9.59 Å². The molecule has 1 atom stereocenters. The number of carbonyl (C=O) groups excluding carboxylic acids is 2. The third-order valence-electron chi connectivity index (χ3n) is 6.17. The first-order valence-corrected chi connectivity index (χ1v) is 12.3. The number of hydrogen-bond donors (Lipinski definition) is 5. The highest BCUT2D eigenvalue weighted by Gasteiger charge is 2.29. The van der Waals surface area contributed by atoms with Crippen LogP contribution in [0.5, 0.6) is 11.5 Å². The van der Waals surface area contributed by atoms with Crippen molar-refractivity contribution < 1.29 is 38.9 Å². The number of nitrogens with zero attached hydrogens (tertiary/aromatic N) is 2. The number of amidine groups is 1. The molecule has 0 saturated heterocycles. The summed E-state index contributed by atoms with van der Waals surface area (Å²) in [6, 6.07) is 10.9. The maximum absolute atomic E-state index is 14.2. The molecule has 0 bridgehead atoms. The van der Waals surface area contributed by atoms with E-state index in [1.54, 1.807) is 32.0 Å². The summed E-state index contributed by atoms with van der Waals surface area (Å²) in [5.74, 6) is -3.86. The Morgan fingerprint density at radius 2 is 1.75 bits per heavy atom. The number of H-pyrrole nitrogens is 1. The minimum absolute atomic E-state index is 0.0135. The zero-order valence-electron chi connectivity index (χ0n) is 21.6. The van der Waals surface area contributed by atoms with Crippen molar-refractivity contribution in [1.82, 2.24) is 9.97 Å². The molecule has 1 heterocycles. The number of nitrogens with one attached hydrogen (secondary N) is 1. The molecule has 0 amide bonds. The molecule has 12 heteroatoms. The number of rotatable bonds is 9. The number of hydrogen-bond acceptors (Lipinski definition) is 9. The summed E-state index contributed by atoms with van der Waals surface area (Å²) < 4.78 is 24.5. The Bertz CT molecular complexity index is 1620. The van der Waals surface area contributed by atoms with Crippen LogP contribution < -0.4 is 5.73 Å². The lowest BCUT2D eigenvalue weighted by atomic mass is 9.89. The number of oxime groups is 1. The summed E-state index contributed by atoms with van der Waals surface area (Å²) in [6.07, 6.45) is -0.366. The third kappa shape index (κ3) is 5.65. The van der Waals surface area contributed by atoms with Crippen LogP contribution in [0.3, 0.4) is 0 Å². The average Bonchev–Trinajstić information content (AvgIpc) is 3.36. The highest BCUT2D eigenvalue weighted by atomic mass is 19.1. The van der Waals surface area contributed by atoms with E-state index in [0.29, 0.717) is 16.6 Å². The Hall–Kier alpha value is -5.13. The van der Waals surface area contributed by atoms with Gasteiger partial charge in [0.05, 0.1) is 42.1 Å². The van der Waals surface area contributed by atoms with Crippen LogP contribution in [0, 0.1) is 5.82 Å². The molecule has 0 aliphatic carbocycles. The predicted octanol–water partition coefficient (Wildman–Crippen LogP) is 4.14. The van der Waals surface area contributed by atoms with Crippen LogP contribution in [0.1, 0.15) is 37.3 Å². The normalized spacial score (nSPS) is 12.3. The second-order valence-electron chi connectivity index (χ2n) is 8.74. The summed E-state index contributed by atoms with van der Waals surface area (Å²) >= 11 is 0. The minimum atomic E-state index is -1.15. The average molecular weight is 551 g/mol. The summed E-state index contributed by atoms with van der Waals surface area (Å²) in [7, 11) is 0. The van der Waals surface area contributed by atoms with E-state index in [0.717, 1.165) is 18.2 Å². The lowest BCUT2D eigenvalue weighted by Crippen LogP contribution is -2.21. The Balaban J connectivity index is 1.96. The Kier molecular flexibility index (Phi) is 8.18. The fraction of sp³-hybridized carbons (Fsp3) is 0.214. The maximum Gasteiger partial charge on any atom is 0.313 e. The molecule has 0 radical (unpaired) electrons. The van der Waals surface area contributed by atoms with Crippen LogP contribution in [0.4, 0.5) is 4.39 Å². The highest BCUT2D eigenvalue weighted by molar-refractivity contribution is 6.00. The molecule has 3 aromatic carbocycles. The number of nitrogens with two attached hydrogens (primary N) is 1. The number of aromatic hydroxyl groups is 2. The Labute approximate surface area is 227 Å². The van der Waals surface area contributed by atoms with Crippen molar-refractivity contribution in [1.29, 1.82) is 0 Å². The first kappa shape index (κ1) is 27.9. The van der Waals surface area contributed by atoms with Crippen molar-refractivity contribution in [3.8, 4) is 34.0 Å². The Morgan fingerprint density at radius 1 is 1.02 bits per heavy atom. The SMILES string of the molecule is CCOC(=O)CC(C(=O)OCC)c1cc(-c2nc3ccc(C(N)=NO)cc3[nH]2)c(O)c(-c2cc(F)ccc2O)c1. The van der Waals surface area contributed by atoms with Gasteiger partial charge in [0.25, 0.3) is 0 Å². The number of imidazole rings is 1. The molecule has 40 heavy (non-hydrogen) atoms. The van der Waals surface area contributed by atoms with E-state index < -0.39 is 23.7 Å². The number of phenolic OH excluding ortho intramolecular Hbond substituents is 2.